The normalized spacial score (nSPS) is 12.6. The molecule has 9 rings (SSSR count). The molecule has 1 N–H and O–H groups in total. The molecule has 226 valence electrons. The predicted molar refractivity (Wildman–Crippen MR) is 199 cm³/mol. The van der Waals surface area contributed by atoms with Crippen molar-refractivity contribution in [2.45, 2.75) is 12.8 Å². The second-order valence-corrected chi connectivity index (χ2v) is 12.7. The second-order valence-electron chi connectivity index (χ2n) is 12.7. The van der Waals surface area contributed by atoms with Gasteiger partial charge >= 0.3 is 0 Å². The second kappa shape index (κ2) is 11.6. The van der Waals surface area contributed by atoms with E-state index in [2.05, 4.69) is 158 Å². The zero-order chi connectivity index (χ0) is 32.0. The molecule has 0 saturated carbocycles. The molecule has 2 heteroatoms. The van der Waals surface area contributed by atoms with E-state index in [1.807, 2.05) is 6.07 Å². The largest absolute Gasteiger partial charge is 0.282 e. The molecule has 0 aliphatic heterocycles. The summed E-state index contributed by atoms with van der Waals surface area (Å²) in [5.41, 5.74) is 18.5. The molecule has 7 aromatic carbocycles. The van der Waals surface area contributed by atoms with Gasteiger partial charge in [0.05, 0.1) is 5.71 Å². The van der Waals surface area contributed by atoms with Gasteiger partial charge < -0.3 is 0 Å². The Bertz CT molecular complexity index is 2380. The predicted octanol–water partition coefficient (Wildman–Crippen LogP) is 11.0. The van der Waals surface area contributed by atoms with Crippen LogP contribution < -0.4 is 0 Å². The molecule has 7 aromatic rings. The Kier molecular flexibility index (Phi) is 6.80. The Morgan fingerprint density at radius 2 is 0.938 bits per heavy atom. The van der Waals surface area contributed by atoms with Crippen molar-refractivity contribution >= 4 is 11.5 Å². The first-order valence-electron chi connectivity index (χ1n) is 16.6. The Labute approximate surface area is 281 Å². The molecule has 0 bridgehead atoms. The molecule has 0 aromatic heterocycles. The van der Waals surface area contributed by atoms with Crippen molar-refractivity contribution in [1.82, 2.24) is 0 Å². The molecular weight excluding hydrogens is 581 g/mol. The van der Waals surface area contributed by atoms with E-state index in [1.54, 1.807) is 0 Å². The van der Waals surface area contributed by atoms with E-state index in [4.69, 9.17) is 4.99 Å². The van der Waals surface area contributed by atoms with Crippen LogP contribution in [0.4, 0.5) is 0 Å². The number of hydrogen-bond acceptors (Lipinski definition) is 1. The first-order chi connectivity index (χ1) is 23.7. The standard InChI is InChI=1S/C46H32N2/c47-46(42-20-10-17-37-29-38-27-34(25-26-40(38)44(37)42)31-13-5-2-6-14-31)48-45(33-23-21-32(22-24-33)30-11-3-1-4-12-30)41-19-9-16-36-28-35-15-7-8-18-39(35)43(36)41/h1-27,47H,28-29H2. The fourth-order valence-electron chi connectivity index (χ4n) is 7.55. The number of benzene rings is 7. The SMILES string of the molecule is N=C(N=C(c1ccc(-c2ccccc2)cc1)c1cccc2c1-c1ccccc1C2)c1cccc2c1-c1ccc(-c3ccccc3)cc1C2. The van der Waals surface area contributed by atoms with Gasteiger partial charge in [0.25, 0.3) is 0 Å². The van der Waals surface area contributed by atoms with Crippen molar-refractivity contribution in [1.29, 1.82) is 5.41 Å². The molecule has 0 unspecified atom stereocenters. The molecule has 0 atom stereocenters. The maximum absolute atomic E-state index is 9.58. The summed E-state index contributed by atoms with van der Waals surface area (Å²) >= 11 is 0. The molecule has 2 nitrogen and oxygen atoms in total. The number of nitrogens with one attached hydrogen (secondary N) is 1. The Hall–Kier alpha value is -6.12. The fourth-order valence-corrected chi connectivity index (χ4v) is 7.55. The van der Waals surface area contributed by atoms with E-state index >= 15 is 0 Å². The van der Waals surface area contributed by atoms with E-state index in [0.717, 1.165) is 46.4 Å². The number of fused-ring (bicyclic) bond motifs is 6. The molecule has 0 fully saturated rings. The van der Waals surface area contributed by atoms with Gasteiger partial charge in [0.1, 0.15) is 0 Å². The van der Waals surface area contributed by atoms with Crippen molar-refractivity contribution in [2.75, 3.05) is 0 Å². The molecule has 48 heavy (non-hydrogen) atoms. The van der Waals surface area contributed by atoms with Gasteiger partial charge in [0.2, 0.25) is 0 Å². The Morgan fingerprint density at radius 3 is 1.67 bits per heavy atom. The maximum Gasteiger partial charge on any atom is 0.153 e. The van der Waals surface area contributed by atoms with Gasteiger partial charge in [-0.25, -0.2) is 4.99 Å². The van der Waals surface area contributed by atoms with E-state index in [-0.39, 0.29) is 5.84 Å². The number of hydrogen-bond donors (Lipinski definition) is 1. The van der Waals surface area contributed by atoms with Crippen LogP contribution in [0.1, 0.15) is 38.9 Å². The summed E-state index contributed by atoms with van der Waals surface area (Å²) in [6.45, 7) is 0. The summed E-state index contributed by atoms with van der Waals surface area (Å²) in [5.74, 6) is 0.276. The topological polar surface area (TPSA) is 36.2 Å². The lowest BCUT2D eigenvalue weighted by molar-refractivity contribution is 1.26. The lowest BCUT2D eigenvalue weighted by Gasteiger charge is -2.15. The van der Waals surface area contributed by atoms with E-state index < -0.39 is 0 Å². The molecule has 0 saturated heterocycles. The average Bonchev–Trinajstić information content (AvgIpc) is 3.73. The quantitative estimate of drug-likeness (QED) is 0.148. The monoisotopic (exact) mass is 612 g/mol. The minimum atomic E-state index is 0.276. The summed E-state index contributed by atoms with van der Waals surface area (Å²) in [5, 5.41) is 9.58. The Morgan fingerprint density at radius 1 is 0.417 bits per heavy atom. The highest BCUT2D eigenvalue weighted by Crippen LogP contribution is 2.42. The number of aliphatic imine (C=N–C) groups is 1. The van der Waals surface area contributed by atoms with E-state index in [1.165, 1.54) is 55.6 Å². The summed E-state index contributed by atoms with van der Waals surface area (Å²) in [4.78, 5) is 5.26. The summed E-state index contributed by atoms with van der Waals surface area (Å²) in [6, 6.07) is 58.0. The van der Waals surface area contributed by atoms with Crippen molar-refractivity contribution < 1.29 is 0 Å². The minimum absolute atomic E-state index is 0.276. The van der Waals surface area contributed by atoms with Crippen molar-refractivity contribution in [3.8, 4) is 44.5 Å². The minimum Gasteiger partial charge on any atom is -0.282 e. The highest BCUT2D eigenvalue weighted by Gasteiger charge is 2.26. The molecule has 0 radical (unpaired) electrons. The molecule has 0 amide bonds. The van der Waals surface area contributed by atoms with Crippen LogP contribution >= 0.6 is 0 Å². The number of amidine groups is 1. The first kappa shape index (κ1) is 28.1. The maximum atomic E-state index is 9.58. The van der Waals surface area contributed by atoms with Gasteiger partial charge in [0.15, 0.2) is 5.84 Å². The van der Waals surface area contributed by atoms with Gasteiger partial charge in [-0.3, -0.25) is 5.41 Å². The van der Waals surface area contributed by atoms with Gasteiger partial charge in [-0.1, -0.05) is 164 Å². The van der Waals surface area contributed by atoms with Crippen molar-refractivity contribution in [3.63, 3.8) is 0 Å². The third-order valence-corrected chi connectivity index (χ3v) is 9.83. The smallest absolute Gasteiger partial charge is 0.153 e. The van der Waals surface area contributed by atoms with Crippen molar-refractivity contribution in [2.24, 2.45) is 4.99 Å². The summed E-state index contributed by atoms with van der Waals surface area (Å²) in [7, 11) is 0. The lowest BCUT2D eigenvalue weighted by atomic mass is 9.91. The fraction of sp³-hybridized carbons (Fsp3) is 0.0435. The van der Waals surface area contributed by atoms with Crippen LogP contribution in [0.5, 0.6) is 0 Å². The van der Waals surface area contributed by atoms with Gasteiger partial charge in [-0.15, -0.1) is 0 Å². The lowest BCUT2D eigenvalue weighted by Crippen LogP contribution is -2.10. The Balaban J connectivity index is 1.18. The molecular formula is C46H32N2. The third-order valence-electron chi connectivity index (χ3n) is 9.83. The zero-order valence-electron chi connectivity index (χ0n) is 26.4. The highest BCUT2D eigenvalue weighted by molar-refractivity contribution is 6.23. The van der Waals surface area contributed by atoms with Crippen LogP contribution in [0.3, 0.4) is 0 Å². The number of nitrogens with zero attached hydrogens (tertiary/aromatic N) is 1. The number of rotatable bonds is 5. The highest BCUT2D eigenvalue weighted by atomic mass is 14.8. The van der Waals surface area contributed by atoms with Gasteiger partial charge in [-0.2, -0.15) is 0 Å². The van der Waals surface area contributed by atoms with Gasteiger partial charge in [-0.05, 0) is 79.6 Å². The zero-order valence-corrected chi connectivity index (χ0v) is 26.4. The first-order valence-corrected chi connectivity index (χ1v) is 16.6. The average molecular weight is 613 g/mol. The third kappa shape index (κ3) is 4.82. The van der Waals surface area contributed by atoms with E-state index in [0.29, 0.717) is 0 Å². The molecule has 2 aliphatic carbocycles. The van der Waals surface area contributed by atoms with Crippen LogP contribution in [-0.4, -0.2) is 11.5 Å². The summed E-state index contributed by atoms with van der Waals surface area (Å²) in [6.07, 6.45) is 1.76. The van der Waals surface area contributed by atoms with Crippen LogP contribution in [0.25, 0.3) is 44.5 Å². The van der Waals surface area contributed by atoms with Crippen LogP contribution in [0.15, 0.2) is 169 Å². The van der Waals surface area contributed by atoms with Gasteiger partial charge in [0, 0.05) is 16.7 Å². The van der Waals surface area contributed by atoms with E-state index in [9.17, 15) is 5.41 Å². The molecule has 0 heterocycles. The molecule has 0 spiro atoms. The van der Waals surface area contributed by atoms with Crippen LogP contribution in [0.2, 0.25) is 0 Å². The molecule has 2 aliphatic rings. The summed E-state index contributed by atoms with van der Waals surface area (Å²) < 4.78 is 0. The van der Waals surface area contributed by atoms with Crippen molar-refractivity contribution in [3.05, 3.63) is 203 Å². The van der Waals surface area contributed by atoms with Crippen LogP contribution in [-0.2, 0) is 12.8 Å². The van der Waals surface area contributed by atoms with Crippen LogP contribution in [0, 0.1) is 5.41 Å².